The largest absolute Gasteiger partial charge is 0.497 e. The minimum atomic E-state index is -0.329. The van der Waals surface area contributed by atoms with Crippen molar-refractivity contribution in [1.82, 2.24) is 0 Å². The predicted molar refractivity (Wildman–Crippen MR) is 47.0 cm³/mol. The summed E-state index contributed by atoms with van der Waals surface area (Å²) in [6.07, 6.45) is 0.208. The Kier molecular flexibility index (Phi) is 2.86. The zero-order valence-electron chi connectivity index (χ0n) is 7.60. The Morgan fingerprint density at radius 1 is 1.54 bits per heavy atom. The van der Waals surface area contributed by atoms with Crippen molar-refractivity contribution in [2.24, 2.45) is 0 Å². The van der Waals surface area contributed by atoms with Gasteiger partial charge in [-0.3, -0.25) is 0 Å². The predicted octanol–water partition coefficient (Wildman–Crippen LogP) is 2.21. The molecule has 0 aliphatic heterocycles. The first-order valence-corrected chi connectivity index (χ1v) is 3.89. The molecule has 0 spiro atoms. The normalized spacial score (nSPS) is 9.38. The van der Waals surface area contributed by atoms with Crippen LogP contribution in [0, 0.1) is 24.1 Å². The monoisotopic (exact) mass is 179 g/mol. The third-order valence-corrected chi connectivity index (χ3v) is 1.93. The van der Waals surface area contributed by atoms with Gasteiger partial charge in [-0.15, -0.1) is 0 Å². The molecule has 0 fully saturated rings. The molecule has 3 heteroatoms. The van der Waals surface area contributed by atoms with Crippen LogP contribution in [0.25, 0.3) is 0 Å². The molecule has 0 bridgehead atoms. The maximum Gasteiger partial charge on any atom is 0.130 e. The zero-order valence-corrected chi connectivity index (χ0v) is 7.60. The number of rotatable bonds is 2. The Labute approximate surface area is 76.6 Å². The number of ether oxygens (including phenoxy) is 1. The Morgan fingerprint density at radius 3 is 2.77 bits per heavy atom. The summed E-state index contributed by atoms with van der Waals surface area (Å²) in [5, 5.41) is 8.49. The second-order valence-corrected chi connectivity index (χ2v) is 2.73. The van der Waals surface area contributed by atoms with E-state index in [-0.39, 0.29) is 12.2 Å². The number of halogens is 1. The summed E-state index contributed by atoms with van der Waals surface area (Å²) in [5.41, 5.74) is 1.20. The molecule has 1 aromatic rings. The lowest BCUT2D eigenvalue weighted by molar-refractivity contribution is 0.410. The maximum atomic E-state index is 13.2. The van der Waals surface area contributed by atoms with Gasteiger partial charge in [-0.25, -0.2) is 4.39 Å². The van der Waals surface area contributed by atoms with Gasteiger partial charge >= 0.3 is 0 Å². The van der Waals surface area contributed by atoms with Crippen LogP contribution in [-0.4, -0.2) is 7.11 Å². The third kappa shape index (κ3) is 1.97. The quantitative estimate of drug-likeness (QED) is 0.697. The molecule has 0 aliphatic carbocycles. The highest BCUT2D eigenvalue weighted by Crippen LogP contribution is 2.20. The highest BCUT2D eigenvalue weighted by Gasteiger charge is 2.06. The van der Waals surface area contributed by atoms with Crippen molar-refractivity contribution in [3.05, 3.63) is 29.1 Å². The van der Waals surface area contributed by atoms with E-state index in [9.17, 15) is 4.39 Å². The standard InChI is InChI=1S/C10H10FNO/c1-7-8(3-4-12)5-9(13-2)6-10(7)11/h5-6H,3H2,1-2H3. The molecule has 2 nitrogen and oxygen atoms in total. The van der Waals surface area contributed by atoms with Gasteiger partial charge in [0.05, 0.1) is 19.6 Å². The summed E-state index contributed by atoms with van der Waals surface area (Å²) < 4.78 is 18.0. The van der Waals surface area contributed by atoms with Crippen molar-refractivity contribution in [2.75, 3.05) is 7.11 Å². The van der Waals surface area contributed by atoms with Gasteiger partial charge in [-0.1, -0.05) is 0 Å². The summed E-state index contributed by atoms with van der Waals surface area (Å²) in [5.74, 6) is 0.123. The first kappa shape index (κ1) is 9.53. The highest BCUT2D eigenvalue weighted by molar-refractivity contribution is 5.37. The van der Waals surface area contributed by atoms with Crippen molar-refractivity contribution in [3.63, 3.8) is 0 Å². The Hall–Kier alpha value is -1.56. The van der Waals surface area contributed by atoms with E-state index in [1.807, 2.05) is 6.07 Å². The van der Waals surface area contributed by atoms with Crippen LogP contribution in [0.15, 0.2) is 12.1 Å². The number of benzene rings is 1. The second kappa shape index (κ2) is 3.90. The Bertz CT molecular complexity index is 355. The van der Waals surface area contributed by atoms with Crippen LogP contribution in [0.5, 0.6) is 5.75 Å². The zero-order chi connectivity index (χ0) is 9.84. The summed E-state index contributed by atoms with van der Waals surface area (Å²) in [6.45, 7) is 1.65. The summed E-state index contributed by atoms with van der Waals surface area (Å²) in [4.78, 5) is 0. The lowest BCUT2D eigenvalue weighted by Gasteiger charge is -2.06. The molecule has 0 saturated heterocycles. The van der Waals surface area contributed by atoms with Gasteiger partial charge in [0.2, 0.25) is 0 Å². The molecule has 1 rings (SSSR count). The molecule has 68 valence electrons. The fourth-order valence-corrected chi connectivity index (χ4v) is 1.09. The first-order chi connectivity index (χ1) is 6.19. The number of nitrogens with zero attached hydrogens (tertiary/aromatic N) is 1. The van der Waals surface area contributed by atoms with Crippen LogP contribution < -0.4 is 4.74 Å². The molecule has 0 saturated carbocycles. The molecular formula is C10H10FNO. The summed E-state index contributed by atoms with van der Waals surface area (Å²) >= 11 is 0. The fourth-order valence-electron chi connectivity index (χ4n) is 1.09. The van der Waals surface area contributed by atoms with Crippen LogP contribution in [0.4, 0.5) is 4.39 Å². The van der Waals surface area contributed by atoms with Crippen molar-refractivity contribution < 1.29 is 9.13 Å². The van der Waals surface area contributed by atoms with Gasteiger partial charge in [0.25, 0.3) is 0 Å². The van der Waals surface area contributed by atoms with E-state index in [2.05, 4.69) is 0 Å². The van der Waals surface area contributed by atoms with E-state index in [0.717, 1.165) is 0 Å². The highest BCUT2D eigenvalue weighted by atomic mass is 19.1. The van der Waals surface area contributed by atoms with Crippen LogP contribution in [0.1, 0.15) is 11.1 Å². The molecule has 0 unspecified atom stereocenters. The Morgan fingerprint density at radius 2 is 2.23 bits per heavy atom. The number of hydrogen-bond acceptors (Lipinski definition) is 2. The average Bonchev–Trinajstić information content (AvgIpc) is 2.13. The van der Waals surface area contributed by atoms with Gasteiger partial charge in [-0.05, 0) is 24.1 Å². The number of methoxy groups -OCH3 is 1. The van der Waals surface area contributed by atoms with E-state index >= 15 is 0 Å². The van der Waals surface area contributed by atoms with E-state index in [0.29, 0.717) is 16.9 Å². The fraction of sp³-hybridized carbons (Fsp3) is 0.300. The molecule has 0 atom stereocenters. The minimum absolute atomic E-state index is 0.208. The summed E-state index contributed by atoms with van der Waals surface area (Å²) in [7, 11) is 1.47. The van der Waals surface area contributed by atoms with E-state index in [1.54, 1.807) is 13.0 Å². The van der Waals surface area contributed by atoms with Crippen LogP contribution in [-0.2, 0) is 6.42 Å². The smallest absolute Gasteiger partial charge is 0.130 e. The molecule has 0 N–H and O–H groups in total. The molecule has 0 aliphatic rings. The van der Waals surface area contributed by atoms with Crippen LogP contribution in [0.2, 0.25) is 0 Å². The second-order valence-electron chi connectivity index (χ2n) is 2.73. The van der Waals surface area contributed by atoms with E-state index in [1.165, 1.54) is 13.2 Å². The molecule has 0 amide bonds. The van der Waals surface area contributed by atoms with Gasteiger partial charge in [-0.2, -0.15) is 5.26 Å². The van der Waals surface area contributed by atoms with Crippen molar-refractivity contribution in [2.45, 2.75) is 13.3 Å². The first-order valence-electron chi connectivity index (χ1n) is 3.89. The Balaban J connectivity index is 3.18. The van der Waals surface area contributed by atoms with Crippen molar-refractivity contribution in [1.29, 1.82) is 5.26 Å². The lowest BCUT2D eigenvalue weighted by atomic mass is 10.1. The third-order valence-electron chi connectivity index (χ3n) is 1.93. The van der Waals surface area contributed by atoms with Gasteiger partial charge in [0.1, 0.15) is 11.6 Å². The lowest BCUT2D eigenvalue weighted by Crippen LogP contribution is -1.94. The van der Waals surface area contributed by atoms with Gasteiger partial charge in [0.15, 0.2) is 0 Å². The maximum absolute atomic E-state index is 13.2. The molecular weight excluding hydrogens is 169 g/mol. The molecule has 0 heterocycles. The SMILES string of the molecule is COc1cc(F)c(C)c(CC#N)c1. The van der Waals surface area contributed by atoms with Crippen molar-refractivity contribution in [3.8, 4) is 11.8 Å². The van der Waals surface area contributed by atoms with Gasteiger partial charge in [0, 0.05) is 6.07 Å². The average molecular weight is 179 g/mol. The number of hydrogen-bond donors (Lipinski definition) is 0. The van der Waals surface area contributed by atoms with Crippen LogP contribution >= 0.6 is 0 Å². The topological polar surface area (TPSA) is 33.0 Å². The molecule has 0 radical (unpaired) electrons. The van der Waals surface area contributed by atoms with E-state index in [4.69, 9.17) is 10.00 Å². The summed E-state index contributed by atoms with van der Waals surface area (Å²) in [6, 6.07) is 4.98. The van der Waals surface area contributed by atoms with Crippen LogP contribution in [0.3, 0.4) is 0 Å². The number of nitriles is 1. The van der Waals surface area contributed by atoms with E-state index < -0.39 is 0 Å². The minimum Gasteiger partial charge on any atom is -0.497 e. The molecule has 13 heavy (non-hydrogen) atoms. The van der Waals surface area contributed by atoms with Crippen molar-refractivity contribution >= 4 is 0 Å². The molecule has 1 aromatic carbocycles. The van der Waals surface area contributed by atoms with Gasteiger partial charge < -0.3 is 4.74 Å². The molecule has 0 aromatic heterocycles.